The number of fused-ring (bicyclic) bond motifs is 3. The van der Waals surface area contributed by atoms with Gasteiger partial charge in [0.1, 0.15) is 23.3 Å². The van der Waals surface area contributed by atoms with Gasteiger partial charge in [0.15, 0.2) is 0 Å². The van der Waals surface area contributed by atoms with Crippen LogP contribution in [0.3, 0.4) is 0 Å². The van der Waals surface area contributed by atoms with Crippen molar-refractivity contribution in [2.24, 2.45) is 4.99 Å². The lowest BCUT2D eigenvalue weighted by Crippen LogP contribution is -1.99. The average Bonchev–Trinajstić information content (AvgIpc) is 3.81. The minimum atomic E-state index is 0.715. The number of pyridine rings is 1. The molecule has 0 radical (unpaired) electrons. The third-order valence-corrected chi connectivity index (χ3v) is 9.62. The van der Waals surface area contributed by atoms with Gasteiger partial charge in [-0.2, -0.15) is 0 Å². The lowest BCUT2D eigenvalue weighted by Gasteiger charge is -2.15. The lowest BCUT2D eigenvalue weighted by atomic mass is 9.90. The van der Waals surface area contributed by atoms with Crippen LogP contribution < -0.4 is 0 Å². The van der Waals surface area contributed by atoms with E-state index < -0.39 is 0 Å². The number of allylic oxidation sites excluding steroid dienone is 3. The Hall–Kier alpha value is -7.18. The molecule has 3 aromatic heterocycles. The van der Waals surface area contributed by atoms with Crippen molar-refractivity contribution in [3.8, 4) is 50.8 Å². The van der Waals surface area contributed by atoms with Crippen LogP contribution in [0.4, 0.5) is 0 Å². The fourth-order valence-corrected chi connectivity index (χ4v) is 7.09. The molecule has 0 saturated heterocycles. The first-order valence-corrected chi connectivity index (χ1v) is 17.6. The maximum absolute atomic E-state index is 5.05. The van der Waals surface area contributed by atoms with Crippen LogP contribution in [0.1, 0.15) is 6.92 Å². The number of hydrogen-bond donors (Lipinski definition) is 0. The van der Waals surface area contributed by atoms with Crippen LogP contribution in [0.15, 0.2) is 181 Å². The quantitative estimate of drug-likeness (QED) is 0.118. The summed E-state index contributed by atoms with van der Waals surface area (Å²) in [5.74, 6) is 3.22. The SMILES string of the molecule is C=N/C(=C\C=C/C)n1c(-c2ccc(-c3cc4ccccc4cc3-c3ccc(-c4nc5ccccc5n4-c4ccccn4)cc3)cc2)nc2ccccc21. The number of imidazole rings is 2. The number of para-hydroxylation sites is 4. The molecule has 0 bridgehead atoms. The molecule has 6 heteroatoms. The lowest BCUT2D eigenvalue weighted by molar-refractivity contribution is 1.03. The van der Waals surface area contributed by atoms with Crippen LogP contribution >= 0.6 is 0 Å². The first-order valence-electron chi connectivity index (χ1n) is 17.6. The zero-order chi connectivity index (χ0) is 35.7. The zero-order valence-corrected chi connectivity index (χ0v) is 29.1. The molecule has 6 aromatic carbocycles. The molecule has 53 heavy (non-hydrogen) atoms. The average molecular weight is 683 g/mol. The molecular formula is C47H34N6. The number of aliphatic imine (C=N–C) groups is 1. The highest BCUT2D eigenvalue weighted by Gasteiger charge is 2.18. The summed E-state index contributed by atoms with van der Waals surface area (Å²) in [5.41, 5.74) is 10.4. The standard InChI is InChI=1S/C47H34N6/c1-3-4-19-44(48-2)52-42-17-9-7-15-40(42)50-46(52)34-25-21-32(22-26-34)38-30-36-13-5-6-14-37(36)31-39(38)33-23-27-35(28-24-33)47-51-41-16-8-10-18-43(41)53(47)45-20-11-12-29-49-45/h3-31H,2H2,1H3/b4-3-,44-19+. The van der Waals surface area contributed by atoms with Gasteiger partial charge in [-0.25, -0.2) is 19.9 Å². The van der Waals surface area contributed by atoms with Crippen molar-refractivity contribution < 1.29 is 0 Å². The van der Waals surface area contributed by atoms with Gasteiger partial charge in [0.25, 0.3) is 0 Å². The molecule has 0 atom stereocenters. The Morgan fingerprint density at radius 2 is 1.11 bits per heavy atom. The molecule has 0 unspecified atom stereocenters. The Bertz CT molecular complexity index is 2840. The fraction of sp³-hybridized carbons (Fsp3) is 0.0213. The molecule has 0 aliphatic carbocycles. The minimum Gasteiger partial charge on any atom is -0.276 e. The van der Waals surface area contributed by atoms with Crippen molar-refractivity contribution in [2.75, 3.05) is 0 Å². The molecule has 9 aromatic rings. The maximum atomic E-state index is 5.05. The predicted octanol–water partition coefficient (Wildman–Crippen LogP) is 11.7. The van der Waals surface area contributed by atoms with Gasteiger partial charge in [-0.1, -0.05) is 115 Å². The van der Waals surface area contributed by atoms with E-state index in [0.717, 1.165) is 72.9 Å². The van der Waals surface area contributed by atoms with Crippen LogP contribution in [0.25, 0.3) is 89.5 Å². The number of aromatic nitrogens is 5. The van der Waals surface area contributed by atoms with E-state index in [1.807, 2.05) is 85.9 Å². The van der Waals surface area contributed by atoms with Crippen molar-refractivity contribution >= 4 is 45.4 Å². The molecule has 0 N–H and O–H groups in total. The van der Waals surface area contributed by atoms with Gasteiger partial charge >= 0.3 is 0 Å². The summed E-state index contributed by atoms with van der Waals surface area (Å²) in [5, 5.41) is 2.38. The molecule has 0 aliphatic rings. The summed E-state index contributed by atoms with van der Waals surface area (Å²) in [6.07, 6.45) is 7.72. The Morgan fingerprint density at radius 1 is 0.585 bits per heavy atom. The van der Waals surface area contributed by atoms with E-state index in [0.29, 0.717) is 5.82 Å². The van der Waals surface area contributed by atoms with E-state index >= 15 is 0 Å². The van der Waals surface area contributed by atoms with Gasteiger partial charge in [-0.05, 0) is 101 Å². The van der Waals surface area contributed by atoms with Crippen LogP contribution in [0.5, 0.6) is 0 Å². The molecule has 252 valence electrons. The Labute approximate surface area is 307 Å². The van der Waals surface area contributed by atoms with Crippen molar-refractivity contribution in [2.45, 2.75) is 6.92 Å². The van der Waals surface area contributed by atoms with E-state index in [1.165, 1.54) is 10.8 Å². The van der Waals surface area contributed by atoms with Crippen LogP contribution in [0.2, 0.25) is 0 Å². The topological polar surface area (TPSA) is 60.9 Å². The van der Waals surface area contributed by atoms with Gasteiger partial charge in [-0.15, -0.1) is 0 Å². The van der Waals surface area contributed by atoms with Crippen molar-refractivity contribution in [1.82, 2.24) is 24.1 Å². The van der Waals surface area contributed by atoms with E-state index in [4.69, 9.17) is 9.97 Å². The van der Waals surface area contributed by atoms with Gasteiger partial charge in [0.2, 0.25) is 0 Å². The molecule has 0 fully saturated rings. The predicted molar refractivity (Wildman–Crippen MR) is 220 cm³/mol. The van der Waals surface area contributed by atoms with E-state index in [1.54, 1.807) is 0 Å². The first kappa shape index (κ1) is 31.8. The summed E-state index contributed by atoms with van der Waals surface area (Å²) in [6.45, 7) is 5.86. The summed E-state index contributed by atoms with van der Waals surface area (Å²) < 4.78 is 4.20. The first-order chi connectivity index (χ1) is 26.2. The van der Waals surface area contributed by atoms with E-state index in [-0.39, 0.29) is 0 Å². The maximum Gasteiger partial charge on any atom is 0.146 e. The summed E-state index contributed by atoms with van der Waals surface area (Å²) >= 11 is 0. The summed E-state index contributed by atoms with van der Waals surface area (Å²) in [7, 11) is 0. The molecule has 6 nitrogen and oxygen atoms in total. The van der Waals surface area contributed by atoms with Gasteiger partial charge in [0.05, 0.1) is 22.1 Å². The van der Waals surface area contributed by atoms with Gasteiger partial charge in [-0.3, -0.25) is 9.13 Å². The Balaban J connectivity index is 1.14. The third kappa shape index (κ3) is 5.72. The van der Waals surface area contributed by atoms with Crippen LogP contribution in [-0.4, -0.2) is 30.8 Å². The van der Waals surface area contributed by atoms with E-state index in [9.17, 15) is 0 Å². The number of hydrogen-bond acceptors (Lipinski definition) is 4. The van der Waals surface area contributed by atoms with Crippen molar-refractivity contribution in [3.05, 3.63) is 176 Å². The monoisotopic (exact) mass is 682 g/mol. The molecular weight excluding hydrogens is 649 g/mol. The normalized spacial score (nSPS) is 12.0. The fourth-order valence-electron chi connectivity index (χ4n) is 7.09. The molecule has 9 rings (SSSR count). The largest absolute Gasteiger partial charge is 0.276 e. The second-order valence-electron chi connectivity index (χ2n) is 12.8. The molecule has 0 spiro atoms. The van der Waals surface area contributed by atoms with Crippen molar-refractivity contribution in [1.29, 1.82) is 0 Å². The van der Waals surface area contributed by atoms with Gasteiger partial charge in [0, 0.05) is 17.3 Å². The Morgan fingerprint density at radius 3 is 1.72 bits per heavy atom. The number of rotatable bonds is 8. The second kappa shape index (κ2) is 13.5. The zero-order valence-electron chi connectivity index (χ0n) is 29.1. The molecule has 0 amide bonds. The number of benzene rings is 6. The summed E-state index contributed by atoms with van der Waals surface area (Å²) in [4.78, 5) is 19.1. The second-order valence-corrected chi connectivity index (χ2v) is 12.8. The highest BCUT2D eigenvalue weighted by molar-refractivity contribution is 5.97. The van der Waals surface area contributed by atoms with E-state index in [2.05, 4.69) is 123 Å². The smallest absolute Gasteiger partial charge is 0.146 e. The van der Waals surface area contributed by atoms with Gasteiger partial charge < -0.3 is 0 Å². The Kier molecular flexibility index (Phi) is 8.10. The van der Waals surface area contributed by atoms with Crippen LogP contribution in [0, 0.1) is 0 Å². The van der Waals surface area contributed by atoms with Crippen molar-refractivity contribution in [3.63, 3.8) is 0 Å². The molecule has 3 heterocycles. The molecule has 0 aliphatic heterocycles. The summed E-state index contributed by atoms with van der Waals surface area (Å²) in [6, 6.07) is 52.8. The molecule has 0 saturated carbocycles. The number of nitrogens with zero attached hydrogens (tertiary/aromatic N) is 6. The third-order valence-electron chi connectivity index (χ3n) is 9.62. The van der Waals surface area contributed by atoms with Crippen LogP contribution in [-0.2, 0) is 0 Å². The minimum absolute atomic E-state index is 0.715. The highest BCUT2D eigenvalue weighted by Crippen LogP contribution is 2.38. The highest BCUT2D eigenvalue weighted by atomic mass is 15.2.